The van der Waals surface area contributed by atoms with Crippen molar-refractivity contribution in [3.63, 3.8) is 0 Å². The largest absolute Gasteiger partial charge is 0.389 e. The van der Waals surface area contributed by atoms with Crippen LogP contribution in [0.4, 0.5) is 0 Å². The molecular formula is C12H23N3O. The maximum Gasteiger partial charge on any atom is 0.0743 e. The average Bonchev–Trinajstić information content (AvgIpc) is 2.59. The van der Waals surface area contributed by atoms with Gasteiger partial charge in [-0.25, -0.2) is 0 Å². The third kappa shape index (κ3) is 4.33. The number of aryl methyl sites for hydroxylation is 1. The molecule has 0 aromatic carbocycles. The Morgan fingerprint density at radius 2 is 2.31 bits per heavy atom. The standard InChI is InChI=1S/C12H23N3O/c1-4-7-12(2,16)10-13-8-5-11-6-9-14-15(11)3/h6,9,13,16H,4-5,7-8,10H2,1-3H3. The molecule has 0 amide bonds. The number of aromatic nitrogens is 2. The molecule has 0 saturated carbocycles. The Hall–Kier alpha value is -0.870. The molecule has 0 bridgehead atoms. The third-order valence-electron chi connectivity index (χ3n) is 2.77. The zero-order chi connectivity index (χ0) is 12.0. The van der Waals surface area contributed by atoms with Crippen LogP contribution in [0.5, 0.6) is 0 Å². The summed E-state index contributed by atoms with van der Waals surface area (Å²) in [6, 6.07) is 2.02. The minimum absolute atomic E-state index is 0.582. The predicted octanol–water partition coefficient (Wildman–Crippen LogP) is 1.10. The molecule has 0 spiro atoms. The number of hydrogen-bond acceptors (Lipinski definition) is 3. The van der Waals surface area contributed by atoms with Gasteiger partial charge in [0.05, 0.1) is 5.60 Å². The normalized spacial score (nSPS) is 15.0. The zero-order valence-electron chi connectivity index (χ0n) is 10.5. The number of hydrogen-bond donors (Lipinski definition) is 2. The first-order valence-electron chi connectivity index (χ1n) is 5.95. The first-order chi connectivity index (χ1) is 7.55. The van der Waals surface area contributed by atoms with Gasteiger partial charge in [0.15, 0.2) is 0 Å². The summed E-state index contributed by atoms with van der Waals surface area (Å²) in [4.78, 5) is 0. The molecule has 92 valence electrons. The highest BCUT2D eigenvalue weighted by Crippen LogP contribution is 2.09. The van der Waals surface area contributed by atoms with Crippen molar-refractivity contribution in [2.75, 3.05) is 13.1 Å². The van der Waals surface area contributed by atoms with E-state index in [2.05, 4.69) is 17.3 Å². The fraction of sp³-hybridized carbons (Fsp3) is 0.750. The molecule has 0 aliphatic heterocycles. The van der Waals surface area contributed by atoms with Gasteiger partial charge in [0.25, 0.3) is 0 Å². The van der Waals surface area contributed by atoms with Gasteiger partial charge in [-0.05, 0) is 19.4 Å². The first kappa shape index (κ1) is 13.2. The molecule has 16 heavy (non-hydrogen) atoms. The van der Waals surface area contributed by atoms with Gasteiger partial charge in [-0.1, -0.05) is 13.3 Å². The van der Waals surface area contributed by atoms with Crippen molar-refractivity contribution in [3.05, 3.63) is 18.0 Å². The number of nitrogens with one attached hydrogen (secondary N) is 1. The van der Waals surface area contributed by atoms with Crippen LogP contribution in [-0.4, -0.2) is 33.6 Å². The van der Waals surface area contributed by atoms with Crippen LogP contribution in [0.15, 0.2) is 12.3 Å². The summed E-state index contributed by atoms with van der Waals surface area (Å²) in [7, 11) is 1.95. The highest BCUT2D eigenvalue weighted by molar-refractivity contribution is 5.00. The second-order valence-electron chi connectivity index (χ2n) is 4.62. The molecule has 1 aromatic rings. The molecule has 0 saturated heterocycles. The lowest BCUT2D eigenvalue weighted by Crippen LogP contribution is -2.38. The Labute approximate surface area is 97.7 Å². The quantitative estimate of drug-likeness (QED) is 0.683. The van der Waals surface area contributed by atoms with Gasteiger partial charge in [0.1, 0.15) is 0 Å². The molecule has 0 radical (unpaired) electrons. The molecule has 4 heteroatoms. The lowest BCUT2D eigenvalue weighted by Gasteiger charge is -2.23. The van der Waals surface area contributed by atoms with Crippen LogP contribution < -0.4 is 5.32 Å². The summed E-state index contributed by atoms with van der Waals surface area (Å²) in [5, 5.41) is 17.3. The van der Waals surface area contributed by atoms with E-state index in [9.17, 15) is 5.11 Å². The van der Waals surface area contributed by atoms with E-state index in [-0.39, 0.29) is 0 Å². The molecule has 4 nitrogen and oxygen atoms in total. The topological polar surface area (TPSA) is 50.1 Å². The van der Waals surface area contributed by atoms with Gasteiger partial charge in [0, 0.05) is 38.4 Å². The van der Waals surface area contributed by atoms with E-state index in [1.807, 2.05) is 30.9 Å². The smallest absolute Gasteiger partial charge is 0.0743 e. The van der Waals surface area contributed by atoms with E-state index in [4.69, 9.17) is 0 Å². The average molecular weight is 225 g/mol. The van der Waals surface area contributed by atoms with E-state index >= 15 is 0 Å². The predicted molar refractivity (Wildman–Crippen MR) is 65.3 cm³/mol. The Bertz CT molecular complexity index is 307. The highest BCUT2D eigenvalue weighted by atomic mass is 16.3. The zero-order valence-corrected chi connectivity index (χ0v) is 10.5. The molecule has 0 aliphatic carbocycles. The highest BCUT2D eigenvalue weighted by Gasteiger charge is 2.17. The molecule has 0 aliphatic rings. The van der Waals surface area contributed by atoms with Gasteiger partial charge in [-0.3, -0.25) is 4.68 Å². The Morgan fingerprint density at radius 1 is 1.56 bits per heavy atom. The van der Waals surface area contributed by atoms with Crippen molar-refractivity contribution in [1.82, 2.24) is 15.1 Å². The lowest BCUT2D eigenvalue weighted by atomic mass is 10.0. The second-order valence-corrected chi connectivity index (χ2v) is 4.62. The Morgan fingerprint density at radius 3 is 2.88 bits per heavy atom. The van der Waals surface area contributed by atoms with Gasteiger partial charge in [-0.2, -0.15) is 5.10 Å². The monoisotopic (exact) mass is 225 g/mol. The van der Waals surface area contributed by atoms with Crippen LogP contribution >= 0.6 is 0 Å². The van der Waals surface area contributed by atoms with Crippen LogP contribution in [0.1, 0.15) is 32.4 Å². The number of nitrogens with zero attached hydrogens (tertiary/aromatic N) is 2. The van der Waals surface area contributed by atoms with Crippen LogP contribution in [0, 0.1) is 0 Å². The van der Waals surface area contributed by atoms with Gasteiger partial charge < -0.3 is 10.4 Å². The molecule has 0 fully saturated rings. The van der Waals surface area contributed by atoms with E-state index in [1.54, 1.807) is 0 Å². The van der Waals surface area contributed by atoms with Gasteiger partial charge in [-0.15, -0.1) is 0 Å². The van der Waals surface area contributed by atoms with Crippen molar-refractivity contribution in [3.8, 4) is 0 Å². The summed E-state index contributed by atoms with van der Waals surface area (Å²) < 4.78 is 1.88. The molecule has 1 rings (SSSR count). The summed E-state index contributed by atoms with van der Waals surface area (Å²) in [5.74, 6) is 0. The van der Waals surface area contributed by atoms with Crippen molar-refractivity contribution in [1.29, 1.82) is 0 Å². The van der Waals surface area contributed by atoms with Crippen LogP contribution in [0.2, 0.25) is 0 Å². The Balaban J connectivity index is 2.19. The van der Waals surface area contributed by atoms with E-state index in [0.717, 1.165) is 25.8 Å². The number of rotatable bonds is 7. The van der Waals surface area contributed by atoms with Crippen LogP contribution in [-0.2, 0) is 13.5 Å². The number of aliphatic hydroxyl groups is 1. The van der Waals surface area contributed by atoms with E-state index in [0.29, 0.717) is 6.54 Å². The molecule has 2 N–H and O–H groups in total. The van der Waals surface area contributed by atoms with Crippen LogP contribution in [0.3, 0.4) is 0 Å². The SMILES string of the molecule is CCCC(C)(O)CNCCc1ccnn1C. The first-order valence-corrected chi connectivity index (χ1v) is 5.95. The molecule has 1 unspecified atom stereocenters. The molecule has 1 atom stereocenters. The van der Waals surface area contributed by atoms with Crippen molar-refractivity contribution < 1.29 is 5.11 Å². The maximum absolute atomic E-state index is 9.95. The van der Waals surface area contributed by atoms with E-state index < -0.39 is 5.60 Å². The minimum atomic E-state index is -0.582. The summed E-state index contributed by atoms with van der Waals surface area (Å²) in [5.41, 5.74) is 0.629. The fourth-order valence-electron chi connectivity index (χ4n) is 1.85. The van der Waals surface area contributed by atoms with Crippen molar-refractivity contribution >= 4 is 0 Å². The second kappa shape index (κ2) is 6.01. The third-order valence-corrected chi connectivity index (χ3v) is 2.77. The molecule has 1 heterocycles. The van der Waals surface area contributed by atoms with Crippen LogP contribution in [0.25, 0.3) is 0 Å². The van der Waals surface area contributed by atoms with E-state index in [1.165, 1.54) is 5.69 Å². The molecule has 1 aromatic heterocycles. The molecular weight excluding hydrogens is 202 g/mol. The lowest BCUT2D eigenvalue weighted by molar-refractivity contribution is 0.0503. The maximum atomic E-state index is 9.95. The van der Waals surface area contributed by atoms with Gasteiger partial charge in [0.2, 0.25) is 0 Å². The van der Waals surface area contributed by atoms with Crippen molar-refractivity contribution in [2.45, 2.75) is 38.7 Å². The summed E-state index contributed by atoms with van der Waals surface area (Å²) in [6.07, 6.45) is 4.60. The Kier molecular flexibility index (Phi) is 4.96. The summed E-state index contributed by atoms with van der Waals surface area (Å²) in [6.45, 7) is 5.50. The van der Waals surface area contributed by atoms with Crippen molar-refractivity contribution in [2.24, 2.45) is 7.05 Å². The van der Waals surface area contributed by atoms with Gasteiger partial charge >= 0.3 is 0 Å². The minimum Gasteiger partial charge on any atom is -0.389 e. The fourth-order valence-corrected chi connectivity index (χ4v) is 1.85. The summed E-state index contributed by atoms with van der Waals surface area (Å²) >= 11 is 0.